The standard InChI is InChI=1S/C58H44N2/c1-3-12-39(13-4-1)54-35-55(60-57(59-54)41-14-5-2-6-15-41)40-24-22-38(23-25-40)46-26-27-49(48-19-10-9-18-47(46)48)50-20-11-21-52-56(50)51-33-42-16-7-8-17-43(42)34-53(51)58(52)44-29-36-28-37(31-44)32-45(58)30-36/h1-27,33-37,44-45H,28-32H2. The molecule has 0 N–H and O–H groups in total. The van der Waals surface area contributed by atoms with Gasteiger partial charge < -0.3 is 0 Å². The zero-order chi connectivity index (χ0) is 39.4. The lowest BCUT2D eigenvalue weighted by Gasteiger charge is -2.61. The van der Waals surface area contributed by atoms with Crippen LogP contribution in [0.5, 0.6) is 0 Å². The van der Waals surface area contributed by atoms with E-state index in [0.29, 0.717) is 0 Å². The van der Waals surface area contributed by atoms with Crippen LogP contribution in [0.4, 0.5) is 0 Å². The topological polar surface area (TPSA) is 25.8 Å². The summed E-state index contributed by atoms with van der Waals surface area (Å²) in [6.07, 6.45) is 7.02. The summed E-state index contributed by atoms with van der Waals surface area (Å²) in [6, 6.07) is 67.2. The van der Waals surface area contributed by atoms with Gasteiger partial charge in [0.25, 0.3) is 0 Å². The molecule has 286 valence electrons. The summed E-state index contributed by atoms with van der Waals surface area (Å²) in [4.78, 5) is 10.1. The first-order chi connectivity index (χ1) is 29.7. The summed E-state index contributed by atoms with van der Waals surface area (Å²) in [5, 5.41) is 5.31. The van der Waals surface area contributed by atoms with Crippen LogP contribution in [-0.2, 0) is 5.41 Å². The van der Waals surface area contributed by atoms with Crippen molar-refractivity contribution in [3.63, 3.8) is 0 Å². The number of hydrogen-bond donors (Lipinski definition) is 0. The summed E-state index contributed by atoms with van der Waals surface area (Å²) >= 11 is 0. The number of nitrogens with zero attached hydrogens (tertiary/aromatic N) is 2. The van der Waals surface area contributed by atoms with Crippen molar-refractivity contribution in [2.75, 3.05) is 0 Å². The Hall–Kier alpha value is -6.64. The maximum Gasteiger partial charge on any atom is 0.160 e. The van der Waals surface area contributed by atoms with Gasteiger partial charge in [-0.1, -0.05) is 164 Å². The van der Waals surface area contributed by atoms with Crippen LogP contribution in [0.2, 0.25) is 0 Å². The summed E-state index contributed by atoms with van der Waals surface area (Å²) in [5.41, 5.74) is 16.4. The van der Waals surface area contributed by atoms with Crippen LogP contribution in [0.25, 0.3) is 88.8 Å². The molecule has 4 fully saturated rings. The maximum atomic E-state index is 5.10. The second-order valence-electron chi connectivity index (χ2n) is 18.1. The molecule has 9 aromatic rings. The smallest absolute Gasteiger partial charge is 0.160 e. The number of fused-ring (bicyclic) bond motifs is 5. The van der Waals surface area contributed by atoms with Gasteiger partial charge in [-0.3, -0.25) is 0 Å². The molecule has 2 heteroatoms. The average Bonchev–Trinajstić information content (AvgIpc) is 3.59. The van der Waals surface area contributed by atoms with Crippen LogP contribution >= 0.6 is 0 Å². The Morgan fingerprint density at radius 3 is 1.60 bits per heavy atom. The highest BCUT2D eigenvalue weighted by Gasteiger charge is 2.61. The van der Waals surface area contributed by atoms with Gasteiger partial charge in [-0.15, -0.1) is 0 Å². The molecule has 2 nitrogen and oxygen atoms in total. The van der Waals surface area contributed by atoms with Crippen LogP contribution in [-0.4, -0.2) is 9.97 Å². The molecule has 1 spiro atoms. The van der Waals surface area contributed by atoms with Crippen molar-refractivity contribution in [1.82, 2.24) is 9.97 Å². The van der Waals surface area contributed by atoms with Crippen LogP contribution in [0.1, 0.15) is 43.2 Å². The fourth-order valence-electron chi connectivity index (χ4n) is 12.8. The largest absolute Gasteiger partial charge is 0.228 e. The predicted octanol–water partition coefficient (Wildman–Crippen LogP) is 14.8. The Balaban J connectivity index is 0.938. The van der Waals surface area contributed by atoms with E-state index in [1.165, 1.54) is 87.0 Å². The van der Waals surface area contributed by atoms with Gasteiger partial charge in [-0.2, -0.15) is 0 Å². The van der Waals surface area contributed by atoms with Crippen LogP contribution in [0.3, 0.4) is 0 Å². The van der Waals surface area contributed by atoms with Crippen molar-refractivity contribution in [3.8, 4) is 67.3 Å². The predicted molar refractivity (Wildman–Crippen MR) is 247 cm³/mol. The molecule has 60 heavy (non-hydrogen) atoms. The first-order valence-electron chi connectivity index (χ1n) is 22.0. The van der Waals surface area contributed by atoms with Gasteiger partial charge in [-0.25, -0.2) is 9.97 Å². The normalized spacial score (nSPS) is 22.1. The highest BCUT2D eigenvalue weighted by atomic mass is 14.9. The van der Waals surface area contributed by atoms with E-state index in [4.69, 9.17) is 9.97 Å². The summed E-state index contributed by atoms with van der Waals surface area (Å²) in [6.45, 7) is 0. The Morgan fingerprint density at radius 1 is 0.367 bits per heavy atom. The molecule has 0 atom stereocenters. The second kappa shape index (κ2) is 13.2. The number of aromatic nitrogens is 2. The van der Waals surface area contributed by atoms with E-state index in [0.717, 1.165) is 57.6 Å². The lowest BCUT2D eigenvalue weighted by Crippen LogP contribution is -2.55. The van der Waals surface area contributed by atoms with Gasteiger partial charge in [0, 0.05) is 22.1 Å². The van der Waals surface area contributed by atoms with E-state index in [9.17, 15) is 0 Å². The van der Waals surface area contributed by atoms with Crippen molar-refractivity contribution in [1.29, 1.82) is 0 Å². The first-order valence-corrected chi connectivity index (χ1v) is 22.0. The zero-order valence-electron chi connectivity index (χ0n) is 33.6. The molecule has 1 aromatic heterocycles. The first kappa shape index (κ1) is 34.2. The summed E-state index contributed by atoms with van der Waals surface area (Å²) in [7, 11) is 0. The third kappa shape index (κ3) is 5.07. The second-order valence-corrected chi connectivity index (χ2v) is 18.1. The fourth-order valence-corrected chi connectivity index (χ4v) is 12.8. The quantitative estimate of drug-likeness (QED) is 0.174. The molecule has 14 rings (SSSR count). The molecular formula is C58H44N2. The third-order valence-corrected chi connectivity index (χ3v) is 15.1. The molecule has 0 saturated heterocycles. The number of hydrogen-bond acceptors (Lipinski definition) is 2. The summed E-state index contributed by atoms with van der Waals surface area (Å²) < 4.78 is 0. The van der Waals surface area contributed by atoms with Gasteiger partial charge in [0.2, 0.25) is 0 Å². The van der Waals surface area contributed by atoms with E-state index >= 15 is 0 Å². The zero-order valence-corrected chi connectivity index (χ0v) is 33.6. The van der Waals surface area contributed by atoms with E-state index in [2.05, 4.69) is 158 Å². The molecule has 5 aliphatic carbocycles. The lowest BCUT2D eigenvalue weighted by molar-refractivity contribution is -0.0398. The van der Waals surface area contributed by atoms with Crippen molar-refractivity contribution in [3.05, 3.63) is 193 Å². The fraction of sp³-hybridized carbons (Fsp3) is 0.172. The minimum atomic E-state index is 0.114. The Kier molecular flexibility index (Phi) is 7.52. The van der Waals surface area contributed by atoms with Crippen molar-refractivity contribution in [2.24, 2.45) is 23.7 Å². The molecule has 0 amide bonds. The third-order valence-electron chi connectivity index (χ3n) is 15.1. The van der Waals surface area contributed by atoms with E-state index in [1.807, 2.05) is 24.3 Å². The van der Waals surface area contributed by atoms with Gasteiger partial charge in [0.15, 0.2) is 5.82 Å². The average molecular weight is 769 g/mol. The van der Waals surface area contributed by atoms with Crippen molar-refractivity contribution in [2.45, 2.75) is 37.5 Å². The van der Waals surface area contributed by atoms with Gasteiger partial charge >= 0.3 is 0 Å². The van der Waals surface area contributed by atoms with E-state index in [1.54, 1.807) is 11.1 Å². The lowest BCUT2D eigenvalue weighted by atomic mass is 9.43. The molecule has 0 radical (unpaired) electrons. The molecule has 5 aliphatic rings. The van der Waals surface area contributed by atoms with Gasteiger partial charge in [0.05, 0.1) is 11.4 Å². The molecular weight excluding hydrogens is 725 g/mol. The Bertz CT molecular complexity index is 3060. The molecule has 1 heterocycles. The monoisotopic (exact) mass is 768 g/mol. The minimum Gasteiger partial charge on any atom is -0.228 e. The number of rotatable bonds is 5. The Labute approximate surface area is 351 Å². The minimum absolute atomic E-state index is 0.114. The highest BCUT2D eigenvalue weighted by molar-refractivity contribution is 6.09. The van der Waals surface area contributed by atoms with Crippen LogP contribution in [0.15, 0.2) is 182 Å². The molecule has 4 saturated carbocycles. The SMILES string of the molecule is c1ccc(-c2cc(-c3ccc(-c4ccc(-c5cccc6c5-c5cc7ccccc7cc5C65C6CC7CC(C6)CC5C7)c5ccccc45)cc3)nc(-c3ccccc3)n2)cc1. The molecule has 0 unspecified atom stereocenters. The number of benzene rings is 8. The van der Waals surface area contributed by atoms with Crippen LogP contribution in [0, 0.1) is 23.7 Å². The van der Waals surface area contributed by atoms with E-state index in [-0.39, 0.29) is 5.41 Å². The van der Waals surface area contributed by atoms with E-state index < -0.39 is 0 Å². The highest BCUT2D eigenvalue weighted by Crippen LogP contribution is 2.70. The summed E-state index contributed by atoms with van der Waals surface area (Å²) in [5.74, 6) is 4.02. The van der Waals surface area contributed by atoms with Crippen molar-refractivity contribution >= 4 is 21.5 Å². The van der Waals surface area contributed by atoms with Crippen molar-refractivity contribution < 1.29 is 0 Å². The molecule has 0 aliphatic heterocycles. The molecule has 8 aromatic carbocycles. The maximum absolute atomic E-state index is 5.10. The molecule has 4 bridgehead atoms. The van der Waals surface area contributed by atoms with Crippen LogP contribution < -0.4 is 0 Å². The Morgan fingerprint density at radius 2 is 0.917 bits per heavy atom. The van der Waals surface area contributed by atoms with Gasteiger partial charge in [-0.05, 0) is 140 Å². The van der Waals surface area contributed by atoms with Gasteiger partial charge in [0.1, 0.15) is 0 Å².